The summed E-state index contributed by atoms with van der Waals surface area (Å²) in [7, 11) is 0. The maximum Gasteiger partial charge on any atom is 0.341 e. The Morgan fingerprint density at radius 2 is 1.97 bits per heavy atom. The van der Waals surface area contributed by atoms with Crippen LogP contribution in [0.25, 0.3) is 16.7 Å². The topological polar surface area (TPSA) is 122 Å². The lowest BCUT2D eigenvalue weighted by molar-refractivity contribution is 0.0695. The van der Waals surface area contributed by atoms with Gasteiger partial charge in [-0.1, -0.05) is 11.6 Å². The third-order valence-corrected chi connectivity index (χ3v) is 4.57. The van der Waals surface area contributed by atoms with Crippen molar-refractivity contribution < 1.29 is 35.0 Å². The normalized spacial score (nSPS) is 21.1. The van der Waals surface area contributed by atoms with Gasteiger partial charge >= 0.3 is 5.97 Å². The minimum atomic E-state index is -3.38. The van der Waals surface area contributed by atoms with Crippen molar-refractivity contribution in [2.45, 2.75) is 6.08 Å². The van der Waals surface area contributed by atoms with Gasteiger partial charge in [-0.15, -0.1) is 0 Å². The zero-order valence-corrected chi connectivity index (χ0v) is 15.1. The summed E-state index contributed by atoms with van der Waals surface area (Å²) >= 11 is 6.26. The van der Waals surface area contributed by atoms with Crippen LogP contribution in [0.15, 0.2) is 23.1 Å². The molecule has 0 aliphatic carbocycles. The number of nitrogens with two attached hydrogens (primary N) is 1. The van der Waals surface area contributed by atoms with Crippen LogP contribution in [0.1, 0.15) is 17.2 Å². The summed E-state index contributed by atoms with van der Waals surface area (Å²) in [6, 6.07) is 0.702. The highest BCUT2D eigenvalue weighted by Crippen LogP contribution is 2.38. The van der Waals surface area contributed by atoms with Crippen molar-refractivity contribution in [2.24, 2.45) is 0 Å². The third kappa shape index (κ3) is 2.94. The first-order valence-corrected chi connectivity index (χ1v) is 8.29. The molecule has 0 atom stereocenters. The van der Waals surface area contributed by atoms with Crippen LogP contribution in [-0.2, 0) is 0 Å². The lowest BCUT2D eigenvalue weighted by Gasteiger charge is -2.38. The highest BCUT2D eigenvalue weighted by molar-refractivity contribution is 6.38. The van der Waals surface area contributed by atoms with Crippen LogP contribution in [0.4, 0.5) is 24.7 Å². The van der Waals surface area contributed by atoms with Crippen molar-refractivity contribution in [1.82, 2.24) is 9.55 Å². The second kappa shape index (κ2) is 6.89. The van der Waals surface area contributed by atoms with Gasteiger partial charge in [0.15, 0.2) is 23.3 Å². The van der Waals surface area contributed by atoms with Crippen molar-refractivity contribution in [3.05, 3.63) is 56.6 Å². The summed E-state index contributed by atoms with van der Waals surface area (Å²) in [6.07, 6.45) is -2.83. The van der Waals surface area contributed by atoms with Gasteiger partial charge < -0.3 is 20.8 Å². The SMILES string of the molecule is [2H]C1([2H])N(c2c(F)cc3c(=O)c(C(=O)O)cn(-c4nc(N)c(F)cc4F)c3c2Cl)C([2H])([2H])C1([2H])O. The van der Waals surface area contributed by atoms with Crippen molar-refractivity contribution in [3.63, 3.8) is 0 Å². The summed E-state index contributed by atoms with van der Waals surface area (Å²) in [5, 5.41) is 17.6. The van der Waals surface area contributed by atoms with E-state index < -0.39 is 86.7 Å². The van der Waals surface area contributed by atoms with E-state index in [1.807, 2.05) is 0 Å². The quantitative estimate of drug-likeness (QED) is 0.563. The Kier molecular flexibility index (Phi) is 3.36. The van der Waals surface area contributed by atoms with Gasteiger partial charge in [0.05, 0.1) is 34.5 Å². The largest absolute Gasteiger partial charge is 0.477 e. The second-order valence-electron chi connectivity index (χ2n) is 6.03. The Bertz CT molecular complexity index is 1500. The fourth-order valence-electron chi connectivity index (χ4n) is 2.89. The van der Waals surface area contributed by atoms with E-state index >= 15 is 4.39 Å². The molecule has 1 saturated heterocycles. The summed E-state index contributed by atoms with van der Waals surface area (Å²) in [4.78, 5) is 27.8. The highest BCUT2D eigenvalue weighted by Gasteiger charge is 2.31. The number of aliphatic hydroxyl groups is 1. The van der Waals surface area contributed by atoms with E-state index in [2.05, 4.69) is 4.98 Å². The third-order valence-electron chi connectivity index (χ3n) is 4.21. The monoisotopic (exact) mass is 445 g/mol. The number of anilines is 2. The van der Waals surface area contributed by atoms with E-state index in [9.17, 15) is 28.6 Å². The van der Waals surface area contributed by atoms with Crippen molar-refractivity contribution >= 4 is 40.0 Å². The maximum atomic E-state index is 15.2. The van der Waals surface area contributed by atoms with Crippen LogP contribution >= 0.6 is 11.6 Å². The molecule has 0 unspecified atom stereocenters. The van der Waals surface area contributed by atoms with Gasteiger partial charge in [0, 0.05) is 25.3 Å². The molecule has 0 bridgehead atoms. The van der Waals surface area contributed by atoms with Crippen LogP contribution in [0.2, 0.25) is 5.02 Å². The van der Waals surface area contributed by atoms with Gasteiger partial charge in [0.2, 0.25) is 5.43 Å². The molecule has 0 amide bonds. The van der Waals surface area contributed by atoms with E-state index in [1.54, 1.807) is 0 Å². The number of nitrogens with zero attached hydrogens (tertiary/aromatic N) is 3. The van der Waals surface area contributed by atoms with Crippen LogP contribution in [0.3, 0.4) is 0 Å². The number of rotatable bonds is 3. The number of β-amino-alcohol motifs (C(OH)–C–C–N with tert-alkyl or cyclic N) is 1. The minimum absolute atomic E-state index is 0.00678. The molecular formula is C18H12ClF3N4O4. The molecule has 4 rings (SSSR count). The van der Waals surface area contributed by atoms with Crippen molar-refractivity contribution in [3.8, 4) is 5.82 Å². The molecule has 12 heteroatoms. The Balaban J connectivity index is 2.18. The number of carbonyl (C=O) groups is 1. The van der Waals surface area contributed by atoms with Gasteiger partial charge in [-0.05, 0) is 6.07 Å². The number of fused-ring (bicyclic) bond motifs is 1. The fourth-order valence-corrected chi connectivity index (χ4v) is 3.26. The Morgan fingerprint density at radius 1 is 1.30 bits per heavy atom. The molecule has 0 saturated carbocycles. The van der Waals surface area contributed by atoms with Gasteiger partial charge in [-0.25, -0.2) is 22.9 Å². The molecule has 4 N–H and O–H groups in total. The number of hydrogen-bond donors (Lipinski definition) is 3. The molecule has 3 aromatic rings. The molecule has 8 nitrogen and oxygen atoms in total. The molecule has 30 heavy (non-hydrogen) atoms. The highest BCUT2D eigenvalue weighted by atomic mass is 35.5. The Hall–Kier alpha value is -3.31. The zero-order valence-electron chi connectivity index (χ0n) is 19.4. The molecule has 2 aromatic heterocycles. The van der Waals surface area contributed by atoms with Crippen molar-refractivity contribution in [1.29, 1.82) is 0 Å². The molecule has 0 radical (unpaired) electrons. The summed E-state index contributed by atoms with van der Waals surface area (Å²) in [6.45, 7) is -6.49. The van der Waals surface area contributed by atoms with Gasteiger partial charge in [-0.2, -0.15) is 0 Å². The van der Waals surface area contributed by atoms with E-state index in [0.717, 1.165) is 0 Å². The van der Waals surface area contributed by atoms with Crippen LogP contribution in [-0.4, -0.2) is 44.8 Å². The first kappa shape index (κ1) is 14.6. The lowest BCUT2D eigenvalue weighted by Crippen LogP contribution is -2.51. The molecule has 1 fully saturated rings. The molecule has 156 valence electrons. The number of carboxylic acids is 1. The van der Waals surface area contributed by atoms with Crippen molar-refractivity contribution in [2.75, 3.05) is 23.6 Å². The number of aromatic carboxylic acids is 1. The fraction of sp³-hybridized carbons (Fsp3) is 0.167. The summed E-state index contributed by atoms with van der Waals surface area (Å²) in [5.41, 5.74) is 1.35. The lowest BCUT2D eigenvalue weighted by atomic mass is 10.1. The van der Waals surface area contributed by atoms with Gasteiger partial charge in [0.25, 0.3) is 0 Å². The first-order chi connectivity index (χ1) is 16.0. The first-order valence-electron chi connectivity index (χ1n) is 10.4. The smallest absolute Gasteiger partial charge is 0.341 e. The average molecular weight is 446 g/mol. The maximum absolute atomic E-state index is 15.2. The number of nitrogen functional groups attached to an aromatic ring is 1. The number of carboxylic acid groups (broad SMARTS) is 1. The van der Waals surface area contributed by atoms with E-state index in [-0.39, 0.29) is 4.90 Å². The predicted molar refractivity (Wildman–Crippen MR) is 102 cm³/mol. The summed E-state index contributed by atoms with van der Waals surface area (Å²) < 4.78 is 83.1. The number of pyridine rings is 2. The van der Waals surface area contributed by atoms with E-state index in [1.165, 1.54) is 0 Å². The minimum Gasteiger partial charge on any atom is -0.477 e. The number of benzene rings is 1. The molecule has 0 spiro atoms. The molecule has 1 aromatic carbocycles. The van der Waals surface area contributed by atoms with Gasteiger partial charge in [-0.3, -0.25) is 9.36 Å². The second-order valence-corrected chi connectivity index (χ2v) is 6.41. The van der Waals surface area contributed by atoms with E-state index in [0.29, 0.717) is 22.9 Å². The van der Waals surface area contributed by atoms with Crippen LogP contribution in [0, 0.1) is 17.5 Å². The van der Waals surface area contributed by atoms with Gasteiger partial charge in [0.1, 0.15) is 11.4 Å². The molecule has 3 heterocycles. The number of hydrogen-bond acceptors (Lipinski definition) is 6. The Labute approximate surface area is 177 Å². The molecular weight excluding hydrogens is 429 g/mol. The number of aromatic nitrogens is 2. The van der Waals surface area contributed by atoms with Crippen LogP contribution in [0.5, 0.6) is 0 Å². The van der Waals surface area contributed by atoms with Crippen LogP contribution < -0.4 is 16.1 Å². The van der Waals surface area contributed by atoms with E-state index in [4.69, 9.17) is 24.2 Å². The average Bonchev–Trinajstić information content (AvgIpc) is 2.73. The zero-order chi connectivity index (χ0) is 26.4. The molecule has 1 aliphatic rings. The predicted octanol–water partition coefficient (Wildman–Crippen LogP) is 1.92. The number of halogens is 4. The molecule has 1 aliphatic heterocycles. The standard InChI is InChI=1S/C18H12ClF3N4O4/c19-12-13-7(1-9(20)14(12)25-3-6(27)4-25)15(28)8(18(29)30)5-26(13)17-11(22)2-10(21)16(23)24-17/h1-2,5-6,27H,3-4H2,(H2,23,24)(H,29,30)/i3D2,4D2,6D. The Morgan fingerprint density at radius 3 is 2.60 bits per heavy atom. The summed E-state index contributed by atoms with van der Waals surface area (Å²) in [5.74, 6) is -7.72.